The van der Waals surface area contributed by atoms with Crippen LogP contribution in [-0.4, -0.2) is 30.0 Å². The van der Waals surface area contributed by atoms with Gasteiger partial charge in [-0.1, -0.05) is 0 Å². The van der Waals surface area contributed by atoms with Crippen LogP contribution in [0, 0.1) is 0 Å². The summed E-state index contributed by atoms with van der Waals surface area (Å²) in [6, 6.07) is 5.55. The van der Waals surface area contributed by atoms with Crippen LogP contribution in [0.5, 0.6) is 11.5 Å². The molecule has 2 N–H and O–H groups in total. The van der Waals surface area contributed by atoms with Crippen molar-refractivity contribution in [3.63, 3.8) is 0 Å². The Morgan fingerprint density at radius 1 is 1.10 bits per heavy atom. The van der Waals surface area contributed by atoms with Gasteiger partial charge >= 0.3 is 0 Å². The summed E-state index contributed by atoms with van der Waals surface area (Å²) in [6.07, 6.45) is 0.572. The number of aromatic nitrogens is 2. The second-order valence-corrected chi connectivity index (χ2v) is 4.07. The lowest BCUT2D eigenvalue weighted by Gasteiger charge is -2.11. The summed E-state index contributed by atoms with van der Waals surface area (Å²) in [6.45, 7) is 5.48. The van der Waals surface area contributed by atoms with E-state index in [1.54, 1.807) is 0 Å². The second-order valence-electron chi connectivity index (χ2n) is 4.07. The topological polar surface area (TPSA) is 83.4 Å². The highest BCUT2D eigenvalue weighted by Crippen LogP contribution is 2.32. The van der Waals surface area contributed by atoms with Gasteiger partial charge in [0.05, 0.1) is 13.2 Å². The Morgan fingerprint density at radius 2 is 1.85 bits per heavy atom. The van der Waals surface area contributed by atoms with E-state index in [0.29, 0.717) is 49.5 Å². The number of nitrogens with two attached hydrogens (primary N) is 1. The first-order chi connectivity index (χ1) is 9.78. The molecule has 20 heavy (non-hydrogen) atoms. The van der Waals surface area contributed by atoms with E-state index in [4.69, 9.17) is 19.6 Å². The Morgan fingerprint density at radius 3 is 2.55 bits per heavy atom. The molecule has 0 radical (unpaired) electrons. The fraction of sp³-hybridized carbons (Fsp3) is 0.429. The van der Waals surface area contributed by atoms with Gasteiger partial charge in [-0.2, -0.15) is 0 Å². The number of nitrogens with zero attached hydrogens (tertiary/aromatic N) is 2. The maximum atomic E-state index is 5.57. The highest BCUT2D eigenvalue weighted by Gasteiger charge is 2.12. The molecule has 1 heterocycles. The van der Waals surface area contributed by atoms with E-state index in [9.17, 15) is 0 Å². The summed E-state index contributed by atoms with van der Waals surface area (Å²) < 4.78 is 16.6. The van der Waals surface area contributed by atoms with E-state index >= 15 is 0 Å². The van der Waals surface area contributed by atoms with Crippen LogP contribution in [0.25, 0.3) is 11.5 Å². The fourth-order valence-corrected chi connectivity index (χ4v) is 1.78. The Balaban J connectivity index is 2.28. The Kier molecular flexibility index (Phi) is 4.95. The van der Waals surface area contributed by atoms with Crippen molar-refractivity contribution >= 4 is 0 Å². The van der Waals surface area contributed by atoms with Gasteiger partial charge in [0.2, 0.25) is 11.8 Å². The fourth-order valence-electron chi connectivity index (χ4n) is 1.78. The van der Waals surface area contributed by atoms with Crippen molar-refractivity contribution in [2.75, 3.05) is 19.8 Å². The van der Waals surface area contributed by atoms with E-state index in [2.05, 4.69) is 10.2 Å². The van der Waals surface area contributed by atoms with Gasteiger partial charge in [0.25, 0.3) is 0 Å². The lowest BCUT2D eigenvalue weighted by molar-refractivity contribution is 0.288. The first kappa shape index (κ1) is 14.3. The molecule has 2 aromatic rings. The van der Waals surface area contributed by atoms with Crippen LogP contribution >= 0.6 is 0 Å². The monoisotopic (exact) mass is 277 g/mol. The smallest absolute Gasteiger partial charge is 0.247 e. The molecule has 1 aromatic carbocycles. The second kappa shape index (κ2) is 6.91. The van der Waals surface area contributed by atoms with Gasteiger partial charge < -0.3 is 19.6 Å². The van der Waals surface area contributed by atoms with Crippen molar-refractivity contribution < 1.29 is 13.9 Å². The largest absolute Gasteiger partial charge is 0.490 e. The number of benzene rings is 1. The van der Waals surface area contributed by atoms with Crippen LogP contribution in [0.2, 0.25) is 0 Å². The first-order valence-corrected chi connectivity index (χ1v) is 6.71. The van der Waals surface area contributed by atoms with E-state index in [1.807, 2.05) is 32.0 Å². The number of hydrogen-bond acceptors (Lipinski definition) is 6. The van der Waals surface area contributed by atoms with Crippen molar-refractivity contribution in [3.05, 3.63) is 24.1 Å². The molecule has 0 spiro atoms. The minimum absolute atomic E-state index is 0.456. The molecule has 0 aliphatic rings. The van der Waals surface area contributed by atoms with Gasteiger partial charge in [0.1, 0.15) is 0 Å². The van der Waals surface area contributed by atoms with Gasteiger partial charge in [0.15, 0.2) is 11.5 Å². The third kappa shape index (κ3) is 3.27. The van der Waals surface area contributed by atoms with Crippen molar-refractivity contribution in [2.45, 2.75) is 20.3 Å². The quantitative estimate of drug-likeness (QED) is 0.833. The number of ether oxygens (including phenoxy) is 2. The zero-order valence-corrected chi connectivity index (χ0v) is 11.8. The van der Waals surface area contributed by atoms with E-state index in [-0.39, 0.29) is 0 Å². The SMILES string of the molecule is CCOc1ccc(-c2nnc(CCN)o2)cc1OCC. The normalized spacial score (nSPS) is 10.6. The zero-order valence-electron chi connectivity index (χ0n) is 11.8. The Labute approximate surface area is 117 Å². The summed E-state index contributed by atoms with van der Waals surface area (Å²) in [5.74, 6) is 2.37. The molecule has 0 amide bonds. The molecule has 0 saturated heterocycles. The summed E-state index contributed by atoms with van der Waals surface area (Å²) >= 11 is 0. The van der Waals surface area contributed by atoms with Gasteiger partial charge in [-0.15, -0.1) is 10.2 Å². The molecule has 0 fully saturated rings. The maximum absolute atomic E-state index is 5.57. The minimum Gasteiger partial charge on any atom is -0.490 e. The van der Waals surface area contributed by atoms with Gasteiger partial charge in [-0.3, -0.25) is 0 Å². The van der Waals surface area contributed by atoms with Crippen molar-refractivity contribution in [1.29, 1.82) is 0 Å². The molecule has 1 aromatic heterocycles. The third-order valence-corrected chi connectivity index (χ3v) is 2.62. The van der Waals surface area contributed by atoms with Crippen molar-refractivity contribution in [3.8, 4) is 23.0 Å². The van der Waals surface area contributed by atoms with Crippen molar-refractivity contribution in [2.24, 2.45) is 5.73 Å². The zero-order chi connectivity index (χ0) is 14.4. The highest BCUT2D eigenvalue weighted by atomic mass is 16.5. The molecule has 108 valence electrons. The van der Waals surface area contributed by atoms with Gasteiger partial charge in [-0.25, -0.2) is 0 Å². The first-order valence-electron chi connectivity index (χ1n) is 6.71. The average molecular weight is 277 g/mol. The summed E-state index contributed by atoms with van der Waals surface area (Å²) in [4.78, 5) is 0. The molecule has 0 saturated carbocycles. The van der Waals surface area contributed by atoms with Gasteiger partial charge in [0, 0.05) is 18.5 Å². The molecule has 0 aliphatic heterocycles. The highest BCUT2D eigenvalue weighted by molar-refractivity contribution is 5.59. The maximum Gasteiger partial charge on any atom is 0.247 e. The van der Waals surface area contributed by atoms with Gasteiger partial charge in [-0.05, 0) is 32.0 Å². The molecule has 6 nitrogen and oxygen atoms in total. The molecular weight excluding hydrogens is 258 g/mol. The Hall–Kier alpha value is -2.08. The molecule has 0 unspecified atom stereocenters. The van der Waals surface area contributed by atoms with Crippen LogP contribution in [0.4, 0.5) is 0 Å². The van der Waals surface area contributed by atoms with Crippen LogP contribution in [0.3, 0.4) is 0 Å². The van der Waals surface area contributed by atoms with E-state index in [1.165, 1.54) is 0 Å². The summed E-state index contributed by atoms with van der Waals surface area (Å²) in [5.41, 5.74) is 6.26. The molecule has 0 bridgehead atoms. The number of hydrogen-bond donors (Lipinski definition) is 1. The average Bonchev–Trinajstić information content (AvgIpc) is 2.90. The molecule has 0 aliphatic carbocycles. The van der Waals surface area contributed by atoms with E-state index in [0.717, 1.165) is 5.56 Å². The molecule has 6 heteroatoms. The number of rotatable bonds is 7. The van der Waals surface area contributed by atoms with E-state index < -0.39 is 0 Å². The summed E-state index contributed by atoms with van der Waals surface area (Å²) in [7, 11) is 0. The standard InChI is InChI=1S/C14H19N3O3/c1-3-18-11-6-5-10(9-12(11)19-4-2)14-17-16-13(20-14)7-8-15/h5-6,9H,3-4,7-8,15H2,1-2H3. The molecule has 0 atom stereocenters. The van der Waals surface area contributed by atoms with Crippen LogP contribution in [0.1, 0.15) is 19.7 Å². The predicted octanol–water partition coefficient (Wildman–Crippen LogP) is 2.04. The Bertz CT molecular complexity index is 554. The summed E-state index contributed by atoms with van der Waals surface area (Å²) in [5, 5.41) is 7.96. The lowest BCUT2D eigenvalue weighted by Crippen LogP contribution is -2.02. The molecular formula is C14H19N3O3. The third-order valence-electron chi connectivity index (χ3n) is 2.62. The van der Waals surface area contributed by atoms with Crippen LogP contribution < -0.4 is 15.2 Å². The lowest BCUT2D eigenvalue weighted by atomic mass is 10.2. The van der Waals surface area contributed by atoms with Crippen molar-refractivity contribution in [1.82, 2.24) is 10.2 Å². The molecule has 2 rings (SSSR count). The predicted molar refractivity (Wildman–Crippen MR) is 74.8 cm³/mol. The van der Waals surface area contributed by atoms with Crippen LogP contribution in [0.15, 0.2) is 22.6 Å². The minimum atomic E-state index is 0.456. The van der Waals surface area contributed by atoms with Crippen LogP contribution in [-0.2, 0) is 6.42 Å².